The second-order valence-electron chi connectivity index (χ2n) is 8.20. The number of fused-ring (bicyclic) bond motifs is 2. The molecule has 1 saturated carbocycles. The van der Waals surface area contributed by atoms with Gasteiger partial charge in [-0.15, -0.1) is 0 Å². The van der Waals surface area contributed by atoms with Crippen LogP contribution in [0.5, 0.6) is 0 Å². The van der Waals surface area contributed by atoms with Crippen LogP contribution in [-0.4, -0.2) is 47.2 Å². The molecule has 4 rings (SSSR count). The molecule has 1 aromatic rings. The van der Waals surface area contributed by atoms with E-state index in [1.165, 1.54) is 30.6 Å². The van der Waals surface area contributed by atoms with Gasteiger partial charge in [-0.25, -0.2) is 0 Å². The lowest BCUT2D eigenvalue weighted by atomic mass is 9.75. The molecule has 2 heterocycles. The molecule has 0 N–H and O–H groups in total. The van der Waals surface area contributed by atoms with Crippen LogP contribution in [0.15, 0.2) is 24.3 Å². The molecule has 0 spiro atoms. The molecule has 144 valence electrons. The maximum absolute atomic E-state index is 12.6. The number of benzene rings is 1. The number of amides is 3. The summed E-state index contributed by atoms with van der Waals surface area (Å²) in [4.78, 5) is 40.6. The smallest absolute Gasteiger partial charge is 0.261 e. The van der Waals surface area contributed by atoms with E-state index in [9.17, 15) is 14.4 Å². The molecule has 1 aliphatic carbocycles. The van der Waals surface area contributed by atoms with Gasteiger partial charge in [-0.1, -0.05) is 31.4 Å². The molecule has 1 aromatic carbocycles. The molecule has 2 fully saturated rings. The predicted octanol–water partition coefficient (Wildman–Crippen LogP) is 3.49. The lowest BCUT2D eigenvalue weighted by molar-refractivity contribution is -0.134. The van der Waals surface area contributed by atoms with E-state index in [0.717, 1.165) is 31.8 Å². The summed E-state index contributed by atoms with van der Waals surface area (Å²) in [6, 6.07) is 6.96. The summed E-state index contributed by atoms with van der Waals surface area (Å²) in [6.07, 6.45) is 8.34. The van der Waals surface area contributed by atoms with Crippen molar-refractivity contribution in [1.82, 2.24) is 9.80 Å². The number of rotatable bonds is 5. The molecule has 2 atom stereocenters. The molecule has 2 unspecified atom stereocenters. The van der Waals surface area contributed by atoms with Crippen molar-refractivity contribution in [2.45, 2.75) is 51.4 Å². The maximum atomic E-state index is 12.6. The number of carbonyl (C=O) groups excluding carboxylic acids is 3. The van der Waals surface area contributed by atoms with E-state index in [2.05, 4.69) is 4.90 Å². The second kappa shape index (κ2) is 7.83. The highest BCUT2D eigenvalue weighted by molar-refractivity contribution is 6.21. The molecule has 5 heteroatoms. The van der Waals surface area contributed by atoms with Gasteiger partial charge in [-0.3, -0.25) is 19.3 Å². The van der Waals surface area contributed by atoms with Crippen LogP contribution in [0.25, 0.3) is 0 Å². The first-order valence-corrected chi connectivity index (χ1v) is 10.4. The Morgan fingerprint density at radius 2 is 1.59 bits per heavy atom. The monoisotopic (exact) mass is 368 g/mol. The average molecular weight is 368 g/mol. The SMILES string of the molecule is O=C(CCCCN1C(=O)c2ccccc2C1=O)N1CCC2CCCCC2C1. The van der Waals surface area contributed by atoms with Gasteiger partial charge in [0.15, 0.2) is 0 Å². The van der Waals surface area contributed by atoms with Crippen LogP contribution in [-0.2, 0) is 4.79 Å². The summed E-state index contributed by atoms with van der Waals surface area (Å²) >= 11 is 0. The highest BCUT2D eigenvalue weighted by Crippen LogP contribution is 2.36. The van der Waals surface area contributed by atoms with Gasteiger partial charge in [0.2, 0.25) is 5.91 Å². The van der Waals surface area contributed by atoms with E-state index >= 15 is 0 Å². The fraction of sp³-hybridized carbons (Fsp3) is 0.591. The Kier molecular flexibility index (Phi) is 5.28. The third-order valence-electron chi connectivity index (χ3n) is 6.54. The van der Waals surface area contributed by atoms with Crippen LogP contribution in [0.3, 0.4) is 0 Å². The van der Waals surface area contributed by atoms with Crippen LogP contribution in [0, 0.1) is 11.8 Å². The van der Waals surface area contributed by atoms with Crippen molar-refractivity contribution >= 4 is 17.7 Å². The minimum absolute atomic E-state index is 0.207. The topological polar surface area (TPSA) is 57.7 Å². The van der Waals surface area contributed by atoms with E-state index in [0.29, 0.717) is 36.4 Å². The first-order chi connectivity index (χ1) is 13.1. The summed E-state index contributed by atoms with van der Waals surface area (Å²) in [7, 11) is 0. The van der Waals surface area contributed by atoms with Crippen molar-refractivity contribution in [3.05, 3.63) is 35.4 Å². The summed E-state index contributed by atoms with van der Waals surface area (Å²) in [5.74, 6) is 1.36. The van der Waals surface area contributed by atoms with Crippen LogP contribution in [0.2, 0.25) is 0 Å². The number of unbranched alkanes of at least 4 members (excludes halogenated alkanes) is 1. The predicted molar refractivity (Wildman–Crippen MR) is 102 cm³/mol. The Bertz CT molecular complexity index is 710. The van der Waals surface area contributed by atoms with Crippen LogP contribution in [0.4, 0.5) is 0 Å². The number of hydrogen-bond acceptors (Lipinski definition) is 3. The summed E-state index contributed by atoms with van der Waals surface area (Å²) in [5, 5.41) is 0. The van der Waals surface area contributed by atoms with Crippen molar-refractivity contribution in [2.75, 3.05) is 19.6 Å². The van der Waals surface area contributed by atoms with E-state index in [1.807, 2.05) is 0 Å². The second-order valence-corrected chi connectivity index (χ2v) is 8.20. The standard InChI is InChI=1S/C22H28N2O3/c25-20(23-14-12-16-7-1-2-8-17(16)15-23)11-5-6-13-24-21(26)18-9-3-4-10-19(18)22(24)27/h3-4,9-10,16-17H,1-2,5-8,11-15H2. The first kappa shape index (κ1) is 18.2. The molecule has 0 bridgehead atoms. The number of nitrogens with zero attached hydrogens (tertiary/aromatic N) is 2. The van der Waals surface area contributed by atoms with Crippen LogP contribution >= 0.6 is 0 Å². The average Bonchev–Trinajstić information content (AvgIpc) is 2.95. The Hall–Kier alpha value is -2.17. The van der Waals surface area contributed by atoms with Crippen LogP contribution < -0.4 is 0 Å². The fourth-order valence-electron chi connectivity index (χ4n) is 4.97. The molecule has 0 aromatic heterocycles. The lowest BCUT2D eigenvalue weighted by Crippen LogP contribution is -2.44. The first-order valence-electron chi connectivity index (χ1n) is 10.4. The number of imide groups is 1. The van der Waals surface area contributed by atoms with Gasteiger partial charge < -0.3 is 4.90 Å². The van der Waals surface area contributed by atoms with Gasteiger partial charge in [0.25, 0.3) is 11.8 Å². The van der Waals surface area contributed by atoms with Crippen molar-refractivity contribution in [3.8, 4) is 0 Å². The van der Waals surface area contributed by atoms with Crippen molar-refractivity contribution in [3.63, 3.8) is 0 Å². The Morgan fingerprint density at radius 1 is 0.926 bits per heavy atom. The maximum Gasteiger partial charge on any atom is 0.261 e. The molecule has 1 saturated heterocycles. The summed E-state index contributed by atoms with van der Waals surface area (Å²) < 4.78 is 0. The zero-order chi connectivity index (χ0) is 18.8. The molecular weight excluding hydrogens is 340 g/mol. The summed E-state index contributed by atoms with van der Waals surface area (Å²) in [5.41, 5.74) is 0.989. The third kappa shape index (κ3) is 3.64. The molecule has 5 nitrogen and oxygen atoms in total. The normalized spacial score (nSPS) is 24.7. The summed E-state index contributed by atoms with van der Waals surface area (Å²) in [6.45, 7) is 2.23. The minimum atomic E-state index is -0.207. The molecule has 0 radical (unpaired) electrons. The molecule has 27 heavy (non-hydrogen) atoms. The molecular formula is C22H28N2O3. The molecule has 3 amide bonds. The Morgan fingerprint density at radius 3 is 2.30 bits per heavy atom. The quantitative estimate of drug-likeness (QED) is 0.590. The largest absolute Gasteiger partial charge is 0.342 e. The van der Waals surface area contributed by atoms with E-state index in [1.54, 1.807) is 24.3 Å². The zero-order valence-corrected chi connectivity index (χ0v) is 15.9. The number of carbonyl (C=O) groups is 3. The van der Waals surface area contributed by atoms with E-state index in [-0.39, 0.29) is 17.7 Å². The van der Waals surface area contributed by atoms with Gasteiger partial charge in [-0.05, 0) is 49.7 Å². The van der Waals surface area contributed by atoms with Crippen molar-refractivity contribution in [2.24, 2.45) is 11.8 Å². The number of piperidine rings is 1. The van der Waals surface area contributed by atoms with Gasteiger partial charge in [0.1, 0.15) is 0 Å². The van der Waals surface area contributed by atoms with Crippen molar-refractivity contribution in [1.29, 1.82) is 0 Å². The zero-order valence-electron chi connectivity index (χ0n) is 15.9. The molecule has 2 aliphatic heterocycles. The van der Waals surface area contributed by atoms with Gasteiger partial charge in [0, 0.05) is 26.1 Å². The Balaban J connectivity index is 1.22. The van der Waals surface area contributed by atoms with E-state index in [4.69, 9.17) is 0 Å². The highest BCUT2D eigenvalue weighted by atomic mass is 16.2. The lowest BCUT2D eigenvalue weighted by Gasteiger charge is -2.41. The number of likely N-dealkylation sites (tertiary alicyclic amines) is 1. The van der Waals surface area contributed by atoms with Gasteiger partial charge in [0.05, 0.1) is 11.1 Å². The van der Waals surface area contributed by atoms with Crippen molar-refractivity contribution < 1.29 is 14.4 Å². The Labute approximate surface area is 160 Å². The third-order valence-corrected chi connectivity index (χ3v) is 6.54. The minimum Gasteiger partial charge on any atom is -0.342 e. The fourth-order valence-corrected chi connectivity index (χ4v) is 4.97. The molecule has 3 aliphatic rings. The van der Waals surface area contributed by atoms with Gasteiger partial charge >= 0.3 is 0 Å². The highest BCUT2D eigenvalue weighted by Gasteiger charge is 2.35. The van der Waals surface area contributed by atoms with Crippen LogP contribution in [0.1, 0.15) is 72.1 Å². The van der Waals surface area contributed by atoms with Gasteiger partial charge in [-0.2, -0.15) is 0 Å². The van der Waals surface area contributed by atoms with E-state index < -0.39 is 0 Å². The number of hydrogen-bond donors (Lipinski definition) is 0.